The van der Waals surface area contributed by atoms with Gasteiger partial charge in [0.15, 0.2) is 0 Å². The lowest BCUT2D eigenvalue weighted by Crippen LogP contribution is -2.25. The van der Waals surface area contributed by atoms with E-state index in [4.69, 9.17) is 11.6 Å². The number of hydrogen-bond donors (Lipinski definition) is 0. The van der Waals surface area contributed by atoms with Gasteiger partial charge in [0.05, 0.1) is 6.61 Å². The molecule has 0 unspecified atom stereocenters. The van der Waals surface area contributed by atoms with Gasteiger partial charge in [-0.05, 0) is 12.8 Å². The summed E-state index contributed by atoms with van der Waals surface area (Å²) >= 11 is 5.53. The highest BCUT2D eigenvalue weighted by Gasteiger charge is 2.40. The van der Waals surface area contributed by atoms with Gasteiger partial charge in [-0.2, -0.15) is 13.2 Å². The van der Waals surface area contributed by atoms with Crippen LogP contribution in [0.2, 0.25) is 0 Å². The minimum Gasteiger partial charge on any atom is -0.459 e. The maximum atomic E-state index is 11.7. The molecule has 18 heavy (non-hydrogen) atoms. The molecule has 0 saturated heterocycles. The van der Waals surface area contributed by atoms with E-state index in [2.05, 4.69) is 4.74 Å². The van der Waals surface area contributed by atoms with Crippen LogP contribution in [0, 0.1) is 0 Å². The second-order valence-electron chi connectivity index (χ2n) is 4.15. The molecule has 0 aromatic carbocycles. The number of halogens is 4. The highest BCUT2D eigenvalue weighted by atomic mass is 35.5. The standard InChI is InChI=1S/C12H20ClF3O2/c13-9-7-5-3-1-2-4-6-8-10-18-11(17)12(14,15)16/h1-10H2. The molecular weight excluding hydrogens is 269 g/mol. The Bertz CT molecular complexity index is 220. The van der Waals surface area contributed by atoms with Crippen molar-refractivity contribution >= 4 is 17.6 Å². The maximum absolute atomic E-state index is 11.7. The Hall–Kier alpha value is -0.450. The number of esters is 1. The lowest BCUT2D eigenvalue weighted by Gasteiger charge is -2.06. The van der Waals surface area contributed by atoms with Crippen molar-refractivity contribution in [2.24, 2.45) is 0 Å². The van der Waals surface area contributed by atoms with Gasteiger partial charge < -0.3 is 4.74 Å². The largest absolute Gasteiger partial charge is 0.490 e. The zero-order valence-corrected chi connectivity index (χ0v) is 11.2. The van der Waals surface area contributed by atoms with Crippen LogP contribution in [-0.2, 0) is 9.53 Å². The Morgan fingerprint density at radius 3 is 1.78 bits per heavy atom. The second kappa shape index (κ2) is 10.5. The summed E-state index contributed by atoms with van der Waals surface area (Å²) < 4.78 is 39.3. The first-order chi connectivity index (χ1) is 8.48. The Labute approximate surface area is 111 Å². The molecule has 0 atom stereocenters. The first kappa shape index (κ1) is 17.6. The first-order valence-corrected chi connectivity index (χ1v) is 6.82. The Morgan fingerprint density at radius 2 is 1.33 bits per heavy atom. The Kier molecular flexibility index (Phi) is 10.2. The molecule has 0 aromatic heterocycles. The summed E-state index contributed by atoms with van der Waals surface area (Å²) in [6.45, 7) is -0.148. The van der Waals surface area contributed by atoms with Crippen LogP contribution in [0.5, 0.6) is 0 Å². The van der Waals surface area contributed by atoms with Gasteiger partial charge >= 0.3 is 12.1 Å². The van der Waals surface area contributed by atoms with E-state index in [-0.39, 0.29) is 6.61 Å². The molecule has 0 N–H and O–H groups in total. The third-order valence-electron chi connectivity index (χ3n) is 2.49. The number of rotatable bonds is 10. The molecule has 0 aliphatic carbocycles. The van der Waals surface area contributed by atoms with Gasteiger partial charge in [0.25, 0.3) is 0 Å². The van der Waals surface area contributed by atoms with Crippen molar-refractivity contribution in [2.75, 3.05) is 12.5 Å². The lowest BCUT2D eigenvalue weighted by molar-refractivity contribution is -0.199. The quantitative estimate of drug-likeness (QED) is 0.337. The van der Waals surface area contributed by atoms with E-state index in [0.717, 1.165) is 44.9 Å². The maximum Gasteiger partial charge on any atom is 0.490 e. The predicted octanol–water partition coefficient (Wildman–Crippen LogP) is 4.45. The van der Waals surface area contributed by atoms with Crippen molar-refractivity contribution in [2.45, 2.75) is 57.5 Å². The average molecular weight is 289 g/mol. The van der Waals surface area contributed by atoms with Gasteiger partial charge in [0, 0.05) is 5.88 Å². The van der Waals surface area contributed by atoms with Crippen molar-refractivity contribution in [3.8, 4) is 0 Å². The van der Waals surface area contributed by atoms with E-state index in [0.29, 0.717) is 12.3 Å². The number of ether oxygens (including phenoxy) is 1. The van der Waals surface area contributed by atoms with Crippen LogP contribution < -0.4 is 0 Å². The van der Waals surface area contributed by atoms with Crippen LogP contribution in [-0.4, -0.2) is 24.6 Å². The molecule has 2 nitrogen and oxygen atoms in total. The second-order valence-corrected chi connectivity index (χ2v) is 4.53. The van der Waals surface area contributed by atoms with Crippen LogP contribution in [0.15, 0.2) is 0 Å². The smallest absolute Gasteiger partial charge is 0.459 e. The van der Waals surface area contributed by atoms with Crippen molar-refractivity contribution in [1.29, 1.82) is 0 Å². The average Bonchev–Trinajstić information content (AvgIpc) is 2.30. The predicted molar refractivity (Wildman–Crippen MR) is 64.7 cm³/mol. The molecule has 0 heterocycles. The summed E-state index contributed by atoms with van der Waals surface area (Å²) in [5, 5.41) is 0. The number of carbonyl (C=O) groups is 1. The van der Waals surface area contributed by atoms with Crippen LogP contribution in [0.25, 0.3) is 0 Å². The zero-order valence-electron chi connectivity index (χ0n) is 10.4. The van der Waals surface area contributed by atoms with Crippen LogP contribution in [0.4, 0.5) is 13.2 Å². The fraction of sp³-hybridized carbons (Fsp3) is 0.917. The molecule has 0 rings (SSSR count). The summed E-state index contributed by atoms with van der Waals surface area (Å²) in [5.74, 6) is -1.39. The van der Waals surface area contributed by atoms with Crippen LogP contribution >= 0.6 is 11.6 Å². The summed E-state index contributed by atoms with van der Waals surface area (Å²) in [6.07, 6.45) is 2.88. The lowest BCUT2D eigenvalue weighted by atomic mass is 10.1. The Balaban J connectivity index is 3.19. The third kappa shape index (κ3) is 10.7. The van der Waals surface area contributed by atoms with Gasteiger partial charge in [0.1, 0.15) is 0 Å². The fourth-order valence-electron chi connectivity index (χ4n) is 1.50. The van der Waals surface area contributed by atoms with Crippen LogP contribution in [0.3, 0.4) is 0 Å². The Morgan fingerprint density at radius 1 is 0.889 bits per heavy atom. The molecule has 0 bridgehead atoms. The normalized spacial score (nSPS) is 11.6. The SMILES string of the molecule is O=C(OCCCCCCCCCCCl)C(F)(F)F. The molecule has 0 aliphatic heterocycles. The van der Waals surface area contributed by atoms with Gasteiger partial charge in [0.2, 0.25) is 0 Å². The van der Waals surface area contributed by atoms with Crippen molar-refractivity contribution < 1.29 is 22.7 Å². The third-order valence-corrected chi connectivity index (χ3v) is 2.76. The summed E-state index contributed by atoms with van der Waals surface area (Å²) in [4.78, 5) is 10.3. The first-order valence-electron chi connectivity index (χ1n) is 6.28. The van der Waals surface area contributed by atoms with Gasteiger partial charge in [-0.15, -0.1) is 11.6 Å². The molecule has 0 fully saturated rings. The van der Waals surface area contributed by atoms with Crippen molar-refractivity contribution in [1.82, 2.24) is 0 Å². The highest BCUT2D eigenvalue weighted by Crippen LogP contribution is 2.16. The van der Waals surface area contributed by atoms with Gasteiger partial charge in [-0.1, -0.05) is 38.5 Å². The molecule has 6 heteroatoms. The van der Waals surface area contributed by atoms with E-state index in [1.54, 1.807) is 0 Å². The summed E-state index contributed by atoms with van der Waals surface area (Å²) in [7, 11) is 0. The van der Waals surface area contributed by atoms with E-state index in [1.165, 1.54) is 0 Å². The number of carbonyl (C=O) groups excluding carboxylic acids is 1. The topological polar surface area (TPSA) is 26.3 Å². The minimum absolute atomic E-state index is 0.148. The number of unbranched alkanes of at least 4 members (excludes halogenated alkanes) is 7. The van der Waals surface area contributed by atoms with E-state index in [9.17, 15) is 18.0 Å². The highest BCUT2D eigenvalue weighted by molar-refractivity contribution is 6.17. The van der Waals surface area contributed by atoms with Crippen molar-refractivity contribution in [3.63, 3.8) is 0 Å². The number of alkyl halides is 4. The van der Waals surface area contributed by atoms with Crippen molar-refractivity contribution in [3.05, 3.63) is 0 Å². The summed E-state index contributed by atoms with van der Waals surface area (Å²) in [6, 6.07) is 0. The van der Waals surface area contributed by atoms with Crippen LogP contribution in [0.1, 0.15) is 51.4 Å². The summed E-state index contributed by atoms with van der Waals surface area (Å²) in [5.41, 5.74) is 0. The molecule has 0 aliphatic rings. The van der Waals surface area contributed by atoms with E-state index in [1.807, 2.05) is 0 Å². The van der Waals surface area contributed by atoms with Gasteiger partial charge in [-0.3, -0.25) is 0 Å². The molecule has 0 saturated carbocycles. The molecule has 0 aromatic rings. The molecule has 0 amide bonds. The molecule has 0 spiro atoms. The fourth-order valence-corrected chi connectivity index (χ4v) is 1.69. The van der Waals surface area contributed by atoms with Gasteiger partial charge in [-0.25, -0.2) is 4.79 Å². The monoisotopic (exact) mass is 288 g/mol. The van der Waals surface area contributed by atoms with E-state index >= 15 is 0 Å². The molecular formula is C12H20ClF3O2. The minimum atomic E-state index is -4.87. The zero-order chi connectivity index (χ0) is 13.9. The molecule has 0 radical (unpaired) electrons. The number of hydrogen-bond acceptors (Lipinski definition) is 2. The van der Waals surface area contributed by atoms with E-state index < -0.39 is 12.1 Å². The molecule has 108 valence electrons.